The summed E-state index contributed by atoms with van der Waals surface area (Å²) in [4.78, 5) is 12.5. The molecule has 9 heteroatoms. The Balaban J connectivity index is 1.61. The second-order valence-electron chi connectivity index (χ2n) is 7.06. The molecule has 1 heterocycles. The van der Waals surface area contributed by atoms with Gasteiger partial charge >= 0.3 is 0 Å². The highest BCUT2D eigenvalue weighted by atomic mass is 32.2. The molecular weight excluding hydrogens is 440 g/mol. The van der Waals surface area contributed by atoms with Crippen LogP contribution in [-0.2, 0) is 24.3 Å². The zero-order valence-electron chi connectivity index (χ0n) is 19.0. The number of rotatable bonds is 12. The van der Waals surface area contributed by atoms with E-state index in [1.165, 1.54) is 11.8 Å². The van der Waals surface area contributed by atoms with Crippen molar-refractivity contribution in [1.29, 1.82) is 0 Å². The van der Waals surface area contributed by atoms with Crippen LogP contribution in [0, 0.1) is 0 Å². The average Bonchev–Trinajstić information content (AvgIpc) is 3.22. The molecule has 8 nitrogen and oxygen atoms in total. The number of nitrogens with one attached hydrogen (secondary N) is 1. The van der Waals surface area contributed by atoms with Crippen molar-refractivity contribution >= 4 is 17.7 Å². The monoisotopic (exact) mass is 468 g/mol. The summed E-state index contributed by atoms with van der Waals surface area (Å²) in [6.07, 6.45) is 2.46. The van der Waals surface area contributed by atoms with E-state index in [4.69, 9.17) is 14.2 Å². The number of methoxy groups -OCH3 is 3. The summed E-state index contributed by atoms with van der Waals surface area (Å²) in [6, 6.07) is 13.7. The van der Waals surface area contributed by atoms with Gasteiger partial charge in [-0.1, -0.05) is 48.2 Å². The van der Waals surface area contributed by atoms with Crippen LogP contribution in [0.4, 0.5) is 0 Å². The molecular formula is C24H28N4O4S. The molecule has 1 aromatic heterocycles. The Morgan fingerprint density at radius 1 is 1.06 bits per heavy atom. The van der Waals surface area contributed by atoms with Gasteiger partial charge in [0.05, 0.1) is 27.1 Å². The lowest BCUT2D eigenvalue weighted by Gasteiger charge is -2.14. The maximum absolute atomic E-state index is 12.5. The number of nitrogens with zero attached hydrogens (tertiary/aromatic N) is 3. The van der Waals surface area contributed by atoms with Crippen LogP contribution in [0.15, 0.2) is 60.3 Å². The Morgan fingerprint density at radius 2 is 1.76 bits per heavy atom. The van der Waals surface area contributed by atoms with E-state index in [1.807, 2.05) is 34.9 Å². The fourth-order valence-electron chi connectivity index (χ4n) is 3.27. The molecule has 174 valence electrons. The molecule has 0 saturated carbocycles. The molecule has 33 heavy (non-hydrogen) atoms. The number of thioether (sulfide) groups is 1. The lowest BCUT2D eigenvalue weighted by atomic mass is 10.1. The first kappa shape index (κ1) is 24.2. The first-order chi connectivity index (χ1) is 16.1. The summed E-state index contributed by atoms with van der Waals surface area (Å²) < 4.78 is 18.0. The number of hydrogen-bond donors (Lipinski definition) is 1. The van der Waals surface area contributed by atoms with Crippen molar-refractivity contribution in [2.75, 3.05) is 27.1 Å². The minimum Gasteiger partial charge on any atom is -0.493 e. The zero-order chi connectivity index (χ0) is 23.6. The fourth-order valence-corrected chi connectivity index (χ4v) is 4.06. The minimum atomic E-state index is -0.119. The van der Waals surface area contributed by atoms with Crippen LogP contribution in [0.1, 0.15) is 17.0 Å². The van der Waals surface area contributed by atoms with Crippen LogP contribution in [-0.4, -0.2) is 47.8 Å². The molecule has 1 amide bonds. The van der Waals surface area contributed by atoms with E-state index >= 15 is 0 Å². The second kappa shape index (κ2) is 12.0. The molecule has 0 aliphatic heterocycles. The van der Waals surface area contributed by atoms with E-state index in [1.54, 1.807) is 27.4 Å². The number of carbonyl (C=O) groups is 1. The molecule has 0 fully saturated rings. The van der Waals surface area contributed by atoms with Gasteiger partial charge in [-0.05, 0) is 23.3 Å². The third-order valence-corrected chi connectivity index (χ3v) is 5.82. The summed E-state index contributed by atoms with van der Waals surface area (Å²) in [6.45, 7) is 4.73. The highest BCUT2D eigenvalue weighted by Gasteiger charge is 2.16. The molecule has 0 saturated heterocycles. The van der Waals surface area contributed by atoms with Gasteiger partial charge in [0.1, 0.15) is 5.82 Å². The number of hydrogen-bond acceptors (Lipinski definition) is 7. The predicted molar refractivity (Wildman–Crippen MR) is 128 cm³/mol. The summed E-state index contributed by atoms with van der Waals surface area (Å²) in [5.74, 6) is 2.52. The number of carbonyl (C=O) groups excluding carboxylic acids is 1. The standard InChI is InChI=1S/C24H28N4O4S/c1-5-11-28-21(14-17-9-7-6-8-10-17)26-27-24(28)33-16-22(29)25-15-18-12-19(30-2)23(32-4)20(13-18)31-3/h5-10,12-13H,1,11,14-16H2,2-4H3,(H,25,29). The number of aromatic nitrogens is 3. The molecule has 1 N–H and O–H groups in total. The van der Waals surface area contributed by atoms with Gasteiger partial charge in [0.25, 0.3) is 0 Å². The van der Waals surface area contributed by atoms with Crippen molar-refractivity contribution in [1.82, 2.24) is 20.1 Å². The number of ether oxygens (including phenoxy) is 3. The van der Waals surface area contributed by atoms with Gasteiger partial charge in [-0.2, -0.15) is 0 Å². The maximum Gasteiger partial charge on any atom is 0.230 e. The van der Waals surface area contributed by atoms with Crippen LogP contribution in [0.25, 0.3) is 0 Å². The first-order valence-corrected chi connectivity index (χ1v) is 11.3. The second-order valence-corrected chi connectivity index (χ2v) is 8.00. The average molecular weight is 469 g/mol. The number of benzene rings is 2. The molecule has 0 aliphatic rings. The van der Waals surface area contributed by atoms with Gasteiger partial charge in [-0.15, -0.1) is 16.8 Å². The van der Waals surface area contributed by atoms with Gasteiger partial charge in [0.2, 0.25) is 11.7 Å². The van der Waals surface area contributed by atoms with Crippen LogP contribution in [0.3, 0.4) is 0 Å². The Kier molecular flexibility index (Phi) is 8.77. The summed E-state index contributed by atoms with van der Waals surface area (Å²) in [5.41, 5.74) is 1.98. The van der Waals surface area contributed by atoms with Crippen LogP contribution in [0.2, 0.25) is 0 Å². The van der Waals surface area contributed by atoms with Crippen LogP contribution in [0.5, 0.6) is 17.2 Å². The molecule has 0 radical (unpaired) electrons. The fraction of sp³-hybridized carbons (Fsp3) is 0.292. The summed E-state index contributed by atoms with van der Waals surface area (Å²) in [5, 5.41) is 12.2. The van der Waals surface area contributed by atoms with Crippen LogP contribution >= 0.6 is 11.8 Å². The van der Waals surface area contributed by atoms with Gasteiger partial charge in [-0.25, -0.2) is 0 Å². The quantitative estimate of drug-likeness (QED) is 0.322. The largest absolute Gasteiger partial charge is 0.493 e. The lowest BCUT2D eigenvalue weighted by Crippen LogP contribution is -2.24. The van der Waals surface area contributed by atoms with Gasteiger partial charge in [0.15, 0.2) is 16.7 Å². The summed E-state index contributed by atoms with van der Waals surface area (Å²) >= 11 is 1.34. The van der Waals surface area contributed by atoms with Crippen LogP contribution < -0.4 is 19.5 Å². The summed E-state index contributed by atoms with van der Waals surface area (Å²) in [7, 11) is 4.67. The first-order valence-electron chi connectivity index (χ1n) is 10.3. The van der Waals surface area contributed by atoms with E-state index in [0.29, 0.717) is 41.9 Å². The Labute approximate surface area is 198 Å². The van der Waals surface area contributed by atoms with Crippen molar-refractivity contribution in [2.45, 2.75) is 24.7 Å². The predicted octanol–water partition coefficient (Wildman–Crippen LogP) is 3.49. The molecule has 0 unspecified atom stereocenters. The molecule has 2 aromatic carbocycles. The third-order valence-electron chi connectivity index (χ3n) is 4.86. The van der Waals surface area contributed by atoms with Gasteiger partial charge < -0.3 is 24.1 Å². The lowest BCUT2D eigenvalue weighted by molar-refractivity contribution is -0.118. The highest BCUT2D eigenvalue weighted by molar-refractivity contribution is 7.99. The number of allylic oxidation sites excluding steroid dienone is 1. The molecule has 3 aromatic rings. The Morgan fingerprint density at radius 3 is 2.36 bits per heavy atom. The zero-order valence-corrected chi connectivity index (χ0v) is 19.9. The molecule has 3 rings (SSSR count). The Bertz CT molecular complexity index is 1060. The minimum absolute atomic E-state index is 0.119. The van der Waals surface area contributed by atoms with E-state index in [2.05, 4.69) is 34.2 Å². The van der Waals surface area contributed by atoms with Crippen molar-refractivity contribution < 1.29 is 19.0 Å². The van der Waals surface area contributed by atoms with Crippen molar-refractivity contribution in [2.24, 2.45) is 0 Å². The van der Waals surface area contributed by atoms with E-state index in [0.717, 1.165) is 17.0 Å². The topological polar surface area (TPSA) is 87.5 Å². The highest BCUT2D eigenvalue weighted by Crippen LogP contribution is 2.38. The Hall–Kier alpha value is -3.46. The van der Waals surface area contributed by atoms with Crippen molar-refractivity contribution in [3.05, 3.63) is 72.1 Å². The van der Waals surface area contributed by atoms with Crippen molar-refractivity contribution in [3.63, 3.8) is 0 Å². The SMILES string of the molecule is C=CCn1c(Cc2ccccc2)nnc1SCC(=O)NCc1cc(OC)c(OC)c(OC)c1. The van der Waals surface area contributed by atoms with Gasteiger partial charge in [0, 0.05) is 19.5 Å². The normalized spacial score (nSPS) is 10.5. The van der Waals surface area contributed by atoms with E-state index in [9.17, 15) is 4.79 Å². The van der Waals surface area contributed by atoms with E-state index in [-0.39, 0.29) is 11.7 Å². The van der Waals surface area contributed by atoms with E-state index < -0.39 is 0 Å². The number of amides is 1. The molecule has 0 atom stereocenters. The molecule has 0 bridgehead atoms. The smallest absolute Gasteiger partial charge is 0.230 e. The molecule has 0 aliphatic carbocycles. The maximum atomic E-state index is 12.5. The molecule has 0 spiro atoms. The van der Waals surface area contributed by atoms with Gasteiger partial charge in [-0.3, -0.25) is 4.79 Å². The third kappa shape index (κ3) is 6.29. The van der Waals surface area contributed by atoms with Crippen molar-refractivity contribution in [3.8, 4) is 17.2 Å².